The third-order valence-electron chi connectivity index (χ3n) is 5.54. The normalized spacial score (nSPS) is 19.3. The molecule has 2 heterocycles. The molecule has 9 heteroatoms. The number of nitrogens with two attached hydrogens (primary N) is 2. The van der Waals surface area contributed by atoms with E-state index in [1.54, 1.807) is 61.5 Å². The molecular weight excluding hydrogens is 424 g/mol. The highest BCUT2D eigenvalue weighted by atomic mass is 16.5. The Morgan fingerprint density at radius 1 is 1.15 bits per heavy atom. The van der Waals surface area contributed by atoms with Crippen LogP contribution in [-0.4, -0.2) is 30.9 Å². The molecule has 166 valence electrons. The number of nitriles is 1. The molecule has 2 amide bonds. The fraction of sp³-hybridized carbons (Fsp3) is 0.167. The van der Waals surface area contributed by atoms with Gasteiger partial charge in [0.15, 0.2) is 5.41 Å². The van der Waals surface area contributed by atoms with Crippen molar-refractivity contribution in [1.82, 2.24) is 0 Å². The van der Waals surface area contributed by atoms with Gasteiger partial charge in [-0.05, 0) is 13.0 Å². The van der Waals surface area contributed by atoms with Crippen LogP contribution in [0.15, 0.2) is 71.6 Å². The van der Waals surface area contributed by atoms with Crippen LogP contribution in [0.3, 0.4) is 0 Å². The largest absolute Gasteiger partial charge is 0.462 e. The first-order valence-corrected chi connectivity index (χ1v) is 10.1. The van der Waals surface area contributed by atoms with E-state index in [0.717, 1.165) is 4.90 Å². The third-order valence-corrected chi connectivity index (χ3v) is 5.54. The number of amides is 2. The Kier molecular flexibility index (Phi) is 5.35. The van der Waals surface area contributed by atoms with Crippen molar-refractivity contribution in [3.8, 4) is 6.07 Å². The molecule has 1 spiro atoms. The Balaban J connectivity index is 2.14. The number of carbonyl (C=O) groups is 3. The second kappa shape index (κ2) is 8.16. The molecule has 4 rings (SSSR count). The number of carbonyl (C=O) groups excluding carboxylic acids is 3. The first-order valence-electron chi connectivity index (χ1n) is 10.1. The molecule has 9 nitrogen and oxygen atoms in total. The zero-order chi connectivity index (χ0) is 23.8. The Morgan fingerprint density at radius 2 is 1.82 bits per heavy atom. The smallest absolute Gasteiger partial charge is 0.339 e. The fourth-order valence-electron chi connectivity index (χ4n) is 4.32. The summed E-state index contributed by atoms with van der Waals surface area (Å²) in [6.45, 7) is 1.19. The monoisotopic (exact) mass is 444 g/mol. The quantitative estimate of drug-likeness (QED) is 0.663. The van der Waals surface area contributed by atoms with Crippen LogP contribution in [0.1, 0.15) is 18.1 Å². The molecule has 0 radical (unpaired) electrons. The van der Waals surface area contributed by atoms with Crippen LogP contribution in [0.5, 0.6) is 0 Å². The highest BCUT2D eigenvalue weighted by Gasteiger charge is 2.62. The van der Waals surface area contributed by atoms with Crippen LogP contribution >= 0.6 is 0 Å². The predicted molar refractivity (Wildman–Crippen MR) is 118 cm³/mol. The number of para-hydroxylation sites is 1. The number of ether oxygens (including phenoxy) is 2. The van der Waals surface area contributed by atoms with E-state index in [2.05, 4.69) is 0 Å². The molecule has 0 unspecified atom stereocenters. The molecule has 0 bridgehead atoms. The van der Waals surface area contributed by atoms with Gasteiger partial charge in [0, 0.05) is 16.8 Å². The summed E-state index contributed by atoms with van der Waals surface area (Å²) in [5.74, 6) is -2.66. The average molecular weight is 444 g/mol. The molecule has 4 N–H and O–H groups in total. The van der Waals surface area contributed by atoms with Crippen molar-refractivity contribution >= 4 is 29.2 Å². The Bertz CT molecular complexity index is 1280. The molecule has 2 aromatic carbocycles. The van der Waals surface area contributed by atoms with E-state index in [-0.39, 0.29) is 29.4 Å². The lowest BCUT2D eigenvalue weighted by molar-refractivity contribution is -0.140. The zero-order valence-electron chi connectivity index (χ0n) is 17.7. The Morgan fingerprint density at radius 3 is 2.45 bits per heavy atom. The minimum atomic E-state index is -1.97. The number of fused-ring (bicyclic) bond motifs is 2. The van der Waals surface area contributed by atoms with Crippen LogP contribution in [0.4, 0.5) is 5.69 Å². The van der Waals surface area contributed by atoms with Crippen molar-refractivity contribution in [3.63, 3.8) is 0 Å². The van der Waals surface area contributed by atoms with E-state index in [0.29, 0.717) is 16.8 Å². The number of nitrogens with zero attached hydrogens (tertiary/aromatic N) is 2. The molecule has 1 atom stereocenters. The van der Waals surface area contributed by atoms with Gasteiger partial charge in [0.05, 0.1) is 6.61 Å². The van der Waals surface area contributed by atoms with Crippen LogP contribution in [0.25, 0.3) is 5.76 Å². The standard InChI is InChI=1S/C24H20N4O5/c1-2-32-22(30)19-20(14-8-4-3-5-9-14)33-21(27)16(12-25)24(19)15-10-6-7-11-17(15)28(23(24)31)13-18(26)29/h3-11H,2,13,27H2,1H3,(H2,26,29)/t24-/m0/s1. The molecule has 0 fully saturated rings. The minimum absolute atomic E-state index is 0.00497. The van der Waals surface area contributed by atoms with Crippen molar-refractivity contribution in [1.29, 1.82) is 5.26 Å². The predicted octanol–water partition coefficient (Wildman–Crippen LogP) is 1.45. The van der Waals surface area contributed by atoms with Crippen LogP contribution in [0, 0.1) is 11.3 Å². The van der Waals surface area contributed by atoms with E-state index in [9.17, 15) is 19.6 Å². The van der Waals surface area contributed by atoms with Gasteiger partial charge in [-0.1, -0.05) is 48.5 Å². The molecule has 33 heavy (non-hydrogen) atoms. The lowest BCUT2D eigenvalue weighted by Gasteiger charge is -2.35. The third kappa shape index (κ3) is 3.11. The van der Waals surface area contributed by atoms with Crippen molar-refractivity contribution < 1.29 is 23.9 Å². The van der Waals surface area contributed by atoms with Crippen molar-refractivity contribution in [2.75, 3.05) is 18.1 Å². The van der Waals surface area contributed by atoms with Crippen LogP contribution in [0.2, 0.25) is 0 Å². The molecule has 2 aliphatic heterocycles. The average Bonchev–Trinajstić information content (AvgIpc) is 3.03. The van der Waals surface area contributed by atoms with Gasteiger partial charge in [-0.25, -0.2) is 4.79 Å². The molecular formula is C24H20N4O5. The maximum Gasteiger partial charge on any atom is 0.339 e. The number of hydrogen-bond donors (Lipinski definition) is 2. The summed E-state index contributed by atoms with van der Waals surface area (Å²) in [6, 6.07) is 17.1. The zero-order valence-corrected chi connectivity index (χ0v) is 17.7. The van der Waals surface area contributed by atoms with Gasteiger partial charge in [0.25, 0.3) is 0 Å². The van der Waals surface area contributed by atoms with E-state index in [1.807, 2.05) is 6.07 Å². The summed E-state index contributed by atoms with van der Waals surface area (Å²) in [5.41, 5.74) is 10.2. The lowest BCUT2D eigenvalue weighted by atomic mass is 9.67. The van der Waals surface area contributed by atoms with Gasteiger partial charge < -0.3 is 25.8 Å². The van der Waals surface area contributed by atoms with Gasteiger partial charge in [0.1, 0.15) is 29.5 Å². The SMILES string of the molecule is CCOC(=O)C1=C(c2ccccc2)OC(N)=C(C#N)[C@]12C(=O)N(CC(N)=O)c1ccccc12. The maximum atomic E-state index is 14.1. The summed E-state index contributed by atoms with van der Waals surface area (Å²) in [7, 11) is 0. The molecule has 2 aromatic rings. The molecule has 0 aliphatic carbocycles. The van der Waals surface area contributed by atoms with Crippen LogP contribution < -0.4 is 16.4 Å². The number of benzene rings is 2. The highest BCUT2D eigenvalue weighted by molar-refractivity contribution is 6.21. The lowest BCUT2D eigenvalue weighted by Crippen LogP contribution is -2.50. The van der Waals surface area contributed by atoms with E-state index in [1.165, 1.54) is 0 Å². The van der Waals surface area contributed by atoms with Gasteiger partial charge >= 0.3 is 5.97 Å². The molecule has 0 aromatic heterocycles. The number of hydrogen-bond acceptors (Lipinski definition) is 7. The fourth-order valence-corrected chi connectivity index (χ4v) is 4.32. The molecule has 2 aliphatic rings. The van der Waals surface area contributed by atoms with Crippen molar-refractivity contribution in [3.05, 3.63) is 82.8 Å². The number of anilines is 1. The number of esters is 1. The van der Waals surface area contributed by atoms with Gasteiger partial charge in [-0.2, -0.15) is 5.26 Å². The summed E-state index contributed by atoms with van der Waals surface area (Å²) < 4.78 is 11.1. The van der Waals surface area contributed by atoms with Crippen molar-refractivity contribution in [2.24, 2.45) is 11.5 Å². The summed E-state index contributed by atoms with van der Waals surface area (Å²) in [4.78, 5) is 40.4. The summed E-state index contributed by atoms with van der Waals surface area (Å²) >= 11 is 0. The molecule has 0 saturated heterocycles. The van der Waals surface area contributed by atoms with E-state index < -0.39 is 29.7 Å². The number of primary amides is 1. The minimum Gasteiger partial charge on any atom is -0.462 e. The highest BCUT2D eigenvalue weighted by Crippen LogP contribution is 2.55. The first kappa shape index (κ1) is 21.6. The van der Waals surface area contributed by atoms with Gasteiger partial charge in [-0.3, -0.25) is 9.59 Å². The second-order valence-corrected chi connectivity index (χ2v) is 7.37. The maximum absolute atomic E-state index is 14.1. The summed E-state index contributed by atoms with van der Waals surface area (Å²) in [5, 5.41) is 10.1. The van der Waals surface area contributed by atoms with Gasteiger partial charge in [-0.15, -0.1) is 0 Å². The molecule has 0 saturated carbocycles. The Labute approximate surface area is 189 Å². The second-order valence-electron chi connectivity index (χ2n) is 7.37. The topological polar surface area (TPSA) is 149 Å². The summed E-state index contributed by atoms with van der Waals surface area (Å²) in [6.07, 6.45) is 0. The number of rotatable bonds is 5. The van der Waals surface area contributed by atoms with Gasteiger partial charge in [0.2, 0.25) is 17.7 Å². The van der Waals surface area contributed by atoms with E-state index >= 15 is 0 Å². The van der Waals surface area contributed by atoms with Crippen molar-refractivity contribution in [2.45, 2.75) is 12.3 Å². The Hall–Kier alpha value is -4.58. The first-order chi connectivity index (χ1) is 15.9. The van der Waals surface area contributed by atoms with E-state index in [4.69, 9.17) is 20.9 Å². The van der Waals surface area contributed by atoms with Crippen LogP contribution in [-0.2, 0) is 29.3 Å².